The molecule has 1 heterocycles. The fourth-order valence-electron chi connectivity index (χ4n) is 1.94. The van der Waals surface area contributed by atoms with Gasteiger partial charge in [-0.25, -0.2) is 0 Å². The van der Waals surface area contributed by atoms with Crippen molar-refractivity contribution < 1.29 is 4.74 Å². The Bertz CT molecular complexity index is 512. The zero-order valence-corrected chi connectivity index (χ0v) is 12.8. The van der Waals surface area contributed by atoms with E-state index in [1.165, 1.54) is 10.4 Å². The minimum Gasteiger partial charge on any atom is -0.494 e. The van der Waals surface area contributed by atoms with Crippen LogP contribution in [0.2, 0.25) is 0 Å². The second kappa shape index (κ2) is 6.36. The van der Waals surface area contributed by atoms with Crippen molar-refractivity contribution in [3.8, 4) is 5.75 Å². The van der Waals surface area contributed by atoms with Gasteiger partial charge in [-0.1, -0.05) is 18.2 Å². The van der Waals surface area contributed by atoms with Gasteiger partial charge in [0.05, 0.1) is 16.4 Å². The van der Waals surface area contributed by atoms with Crippen molar-refractivity contribution in [2.45, 2.75) is 13.0 Å². The van der Waals surface area contributed by atoms with E-state index in [4.69, 9.17) is 4.74 Å². The third-order valence-corrected chi connectivity index (χ3v) is 4.39. The van der Waals surface area contributed by atoms with Crippen molar-refractivity contribution in [3.05, 3.63) is 50.6 Å². The van der Waals surface area contributed by atoms with Gasteiger partial charge in [-0.2, -0.15) is 0 Å². The molecule has 2 nitrogen and oxygen atoms in total. The standard InChI is InChI=1S/C14H16BrNOS/c1-3-17-11-7-5-4-6-10(11)14(16-2)12-8-9-13(15)18-12/h4-9,14,16H,3H2,1-2H3. The van der Waals surface area contributed by atoms with Crippen LogP contribution in [0.1, 0.15) is 23.4 Å². The second-order valence-electron chi connectivity index (χ2n) is 3.83. The Kier molecular flexibility index (Phi) is 4.80. The summed E-state index contributed by atoms with van der Waals surface area (Å²) in [6.07, 6.45) is 0. The summed E-state index contributed by atoms with van der Waals surface area (Å²) in [6.45, 7) is 2.69. The molecule has 0 fully saturated rings. The summed E-state index contributed by atoms with van der Waals surface area (Å²) in [7, 11) is 1.97. The number of hydrogen-bond donors (Lipinski definition) is 1. The van der Waals surface area contributed by atoms with E-state index >= 15 is 0 Å². The molecule has 0 amide bonds. The number of ether oxygens (including phenoxy) is 1. The molecule has 0 saturated heterocycles. The third kappa shape index (κ3) is 2.94. The quantitative estimate of drug-likeness (QED) is 0.888. The molecule has 2 rings (SSSR count). The van der Waals surface area contributed by atoms with E-state index in [1.54, 1.807) is 11.3 Å². The first-order valence-electron chi connectivity index (χ1n) is 5.90. The maximum Gasteiger partial charge on any atom is 0.124 e. The smallest absolute Gasteiger partial charge is 0.124 e. The molecule has 18 heavy (non-hydrogen) atoms. The molecule has 4 heteroatoms. The van der Waals surface area contributed by atoms with Crippen LogP contribution in [0.15, 0.2) is 40.2 Å². The average Bonchev–Trinajstić information content (AvgIpc) is 2.79. The molecule has 96 valence electrons. The van der Waals surface area contributed by atoms with Gasteiger partial charge < -0.3 is 10.1 Å². The maximum atomic E-state index is 5.70. The van der Waals surface area contributed by atoms with Crippen molar-refractivity contribution in [1.29, 1.82) is 0 Å². The van der Waals surface area contributed by atoms with Crippen LogP contribution in [0.4, 0.5) is 0 Å². The molecule has 1 aromatic heterocycles. The van der Waals surface area contributed by atoms with Gasteiger partial charge in [0.2, 0.25) is 0 Å². The van der Waals surface area contributed by atoms with Crippen molar-refractivity contribution >= 4 is 27.3 Å². The molecule has 1 unspecified atom stereocenters. The Morgan fingerprint density at radius 1 is 1.28 bits per heavy atom. The van der Waals surface area contributed by atoms with Gasteiger partial charge in [0, 0.05) is 10.4 Å². The molecule has 1 aromatic carbocycles. The Morgan fingerprint density at radius 2 is 2.06 bits per heavy atom. The number of nitrogens with one attached hydrogen (secondary N) is 1. The second-order valence-corrected chi connectivity index (χ2v) is 6.33. The largest absolute Gasteiger partial charge is 0.494 e. The van der Waals surface area contributed by atoms with Crippen molar-refractivity contribution in [2.24, 2.45) is 0 Å². The van der Waals surface area contributed by atoms with E-state index in [0.29, 0.717) is 6.61 Å². The number of rotatable bonds is 5. The Labute approximate surface area is 120 Å². The van der Waals surface area contributed by atoms with Crippen LogP contribution in [-0.2, 0) is 0 Å². The fraction of sp³-hybridized carbons (Fsp3) is 0.286. The van der Waals surface area contributed by atoms with Gasteiger partial charge in [0.15, 0.2) is 0 Å². The number of para-hydroxylation sites is 1. The number of benzene rings is 1. The van der Waals surface area contributed by atoms with Crippen molar-refractivity contribution in [1.82, 2.24) is 5.32 Å². The van der Waals surface area contributed by atoms with Crippen LogP contribution in [0.25, 0.3) is 0 Å². The third-order valence-electron chi connectivity index (χ3n) is 2.70. The fourth-order valence-corrected chi connectivity index (χ4v) is 3.49. The summed E-state index contributed by atoms with van der Waals surface area (Å²) in [6, 6.07) is 12.6. The maximum absolute atomic E-state index is 5.70. The van der Waals surface area contributed by atoms with E-state index in [9.17, 15) is 0 Å². The molecule has 1 N–H and O–H groups in total. The molecule has 0 radical (unpaired) electrons. The van der Waals surface area contributed by atoms with Gasteiger partial charge in [0.1, 0.15) is 5.75 Å². The molecule has 0 spiro atoms. The number of hydrogen-bond acceptors (Lipinski definition) is 3. The SMILES string of the molecule is CCOc1ccccc1C(NC)c1ccc(Br)s1. The van der Waals surface area contributed by atoms with Gasteiger partial charge in [0.25, 0.3) is 0 Å². The Hall–Kier alpha value is -0.840. The van der Waals surface area contributed by atoms with E-state index in [-0.39, 0.29) is 6.04 Å². The van der Waals surface area contributed by atoms with Crippen LogP contribution >= 0.6 is 27.3 Å². The molecule has 0 aliphatic carbocycles. The summed E-state index contributed by atoms with van der Waals surface area (Å²) in [5.41, 5.74) is 1.18. The highest BCUT2D eigenvalue weighted by molar-refractivity contribution is 9.11. The van der Waals surface area contributed by atoms with Crippen molar-refractivity contribution in [3.63, 3.8) is 0 Å². The molecule has 2 aromatic rings. The first-order valence-corrected chi connectivity index (χ1v) is 7.51. The van der Waals surface area contributed by atoms with E-state index in [1.807, 2.05) is 32.2 Å². The Morgan fingerprint density at radius 3 is 2.67 bits per heavy atom. The monoisotopic (exact) mass is 325 g/mol. The molecule has 0 aliphatic rings. The van der Waals surface area contributed by atoms with Gasteiger partial charge in [-0.3, -0.25) is 0 Å². The van der Waals surface area contributed by atoms with Crippen LogP contribution in [0.5, 0.6) is 5.75 Å². The zero-order valence-electron chi connectivity index (χ0n) is 10.4. The summed E-state index contributed by atoms with van der Waals surface area (Å²) in [4.78, 5) is 1.27. The highest BCUT2D eigenvalue weighted by Gasteiger charge is 2.17. The Balaban J connectivity index is 2.38. The lowest BCUT2D eigenvalue weighted by Gasteiger charge is -2.18. The zero-order chi connectivity index (χ0) is 13.0. The first-order chi connectivity index (χ1) is 8.76. The highest BCUT2D eigenvalue weighted by atomic mass is 79.9. The lowest BCUT2D eigenvalue weighted by molar-refractivity contribution is 0.334. The normalized spacial score (nSPS) is 12.4. The summed E-state index contributed by atoms with van der Waals surface area (Å²) < 4.78 is 6.85. The van der Waals surface area contributed by atoms with Crippen molar-refractivity contribution in [2.75, 3.05) is 13.7 Å². The summed E-state index contributed by atoms with van der Waals surface area (Å²) >= 11 is 5.25. The molecule has 0 bridgehead atoms. The lowest BCUT2D eigenvalue weighted by Crippen LogP contribution is -2.17. The summed E-state index contributed by atoms with van der Waals surface area (Å²) in [5.74, 6) is 0.948. The predicted molar refractivity (Wildman–Crippen MR) is 80.5 cm³/mol. The van der Waals surface area contributed by atoms with Gasteiger partial charge in [-0.05, 0) is 48.1 Å². The van der Waals surface area contributed by atoms with Crippen LogP contribution in [-0.4, -0.2) is 13.7 Å². The average molecular weight is 326 g/mol. The van der Waals surface area contributed by atoms with Crippen LogP contribution in [0.3, 0.4) is 0 Å². The topological polar surface area (TPSA) is 21.3 Å². The minimum atomic E-state index is 0.170. The number of thiophene rings is 1. The van der Waals surface area contributed by atoms with Crippen LogP contribution < -0.4 is 10.1 Å². The lowest BCUT2D eigenvalue weighted by atomic mass is 10.0. The van der Waals surface area contributed by atoms with Gasteiger partial charge >= 0.3 is 0 Å². The minimum absolute atomic E-state index is 0.170. The first kappa shape index (κ1) is 13.6. The highest BCUT2D eigenvalue weighted by Crippen LogP contribution is 2.34. The summed E-state index contributed by atoms with van der Waals surface area (Å²) in [5, 5.41) is 3.36. The predicted octanol–water partition coefficient (Wildman–Crippen LogP) is 4.22. The number of halogens is 1. The molecule has 0 aliphatic heterocycles. The van der Waals surface area contributed by atoms with Crippen LogP contribution in [0, 0.1) is 0 Å². The molecule has 1 atom stereocenters. The van der Waals surface area contributed by atoms with E-state index in [2.05, 4.69) is 39.4 Å². The van der Waals surface area contributed by atoms with Gasteiger partial charge in [-0.15, -0.1) is 11.3 Å². The molecular formula is C14H16BrNOS. The van der Waals surface area contributed by atoms with E-state index < -0.39 is 0 Å². The van der Waals surface area contributed by atoms with E-state index in [0.717, 1.165) is 9.54 Å². The molecular weight excluding hydrogens is 310 g/mol. The molecule has 0 saturated carbocycles.